The third kappa shape index (κ3) is 3.07. The number of carbonyl (C=O) groups is 1. The Morgan fingerprint density at radius 3 is 2.89 bits per heavy atom. The minimum Gasteiger partial charge on any atom is -0.392 e. The van der Waals surface area contributed by atoms with Gasteiger partial charge < -0.3 is 15.3 Å². The number of hydrogen-bond acceptors (Lipinski definition) is 3. The molecular formula is C15H22N2O2. The zero-order chi connectivity index (χ0) is 14.0. The highest BCUT2D eigenvalue weighted by Gasteiger charge is 2.31. The molecule has 3 atom stereocenters. The molecule has 1 aliphatic rings. The lowest BCUT2D eigenvalue weighted by atomic mass is 9.86. The molecule has 1 aromatic rings. The predicted molar refractivity (Wildman–Crippen MR) is 76.2 cm³/mol. The molecule has 2 N–H and O–H groups in total. The quantitative estimate of drug-likeness (QED) is 0.873. The van der Waals surface area contributed by atoms with Gasteiger partial charge >= 0.3 is 0 Å². The van der Waals surface area contributed by atoms with E-state index in [0.29, 0.717) is 6.54 Å². The summed E-state index contributed by atoms with van der Waals surface area (Å²) in [4.78, 5) is 14.2. The lowest BCUT2D eigenvalue weighted by Crippen LogP contribution is -2.39. The highest BCUT2D eigenvalue weighted by atomic mass is 16.3. The Kier molecular flexibility index (Phi) is 4.10. The molecule has 1 aliphatic heterocycles. The number of hydrogen-bond donors (Lipinski definition) is 2. The van der Waals surface area contributed by atoms with Gasteiger partial charge in [0.05, 0.1) is 12.0 Å². The van der Waals surface area contributed by atoms with Gasteiger partial charge in [0.15, 0.2) is 0 Å². The zero-order valence-electron chi connectivity index (χ0n) is 11.8. The molecule has 0 spiro atoms. The number of para-hydroxylation sites is 1. The van der Waals surface area contributed by atoms with Crippen molar-refractivity contribution in [2.75, 3.05) is 18.9 Å². The number of anilines is 1. The number of nitrogens with one attached hydrogen (secondary N) is 1. The van der Waals surface area contributed by atoms with Crippen LogP contribution in [-0.4, -0.2) is 41.7 Å². The smallest absolute Gasteiger partial charge is 0.230 e. The first-order chi connectivity index (χ1) is 8.99. The van der Waals surface area contributed by atoms with Crippen LogP contribution in [0.2, 0.25) is 0 Å². The standard InChI is InChI=1S/C15H22N2O2/c1-10-8-13(15(19)17(3)9-11(2)18)12-6-4-5-7-14(12)16-10/h4-7,10-11,13,16,18H,8-9H2,1-3H3. The maximum atomic E-state index is 12.5. The van der Waals surface area contributed by atoms with Gasteiger partial charge in [-0.1, -0.05) is 18.2 Å². The second kappa shape index (κ2) is 5.61. The number of nitrogens with zero attached hydrogens (tertiary/aromatic N) is 1. The molecule has 4 nitrogen and oxygen atoms in total. The number of aliphatic hydroxyl groups excluding tert-OH is 1. The van der Waals surface area contributed by atoms with Gasteiger partial charge in [-0.15, -0.1) is 0 Å². The van der Waals surface area contributed by atoms with E-state index in [1.807, 2.05) is 24.3 Å². The van der Waals surface area contributed by atoms with Gasteiger partial charge in [0, 0.05) is 25.3 Å². The second-order valence-corrected chi connectivity index (χ2v) is 5.49. The second-order valence-electron chi connectivity index (χ2n) is 5.49. The van der Waals surface area contributed by atoms with Gasteiger partial charge in [-0.05, 0) is 31.9 Å². The number of benzene rings is 1. The van der Waals surface area contributed by atoms with Gasteiger partial charge in [-0.25, -0.2) is 0 Å². The number of likely N-dealkylation sites (N-methyl/N-ethyl adjacent to an activating group) is 1. The van der Waals surface area contributed by atoms with Crippen LogP contribution in [0.4, 0.5) is 5.69 Å². The molecule has 104 valence electrons. The van der Waals surface area contributed by atoms with E-state index in [4.69, 9.17) is 0 Å². The van der Waals surface area contributed by atoms with E-state index in [0.717, 1.165) is 17.7 Å². The molecule has 0 fully saturated rings. The lowest BCUT2D eigenvalue weighted by Gasteiger charge is -2.33. The zero-order valence-corrected chi connectivity index (χ0v) is 11.8. The normalized spacial score (nSPS) is 23.2. The molecule has 0 saturated carbocycles. The summed E-state index contributed by atoms with van der Waals surface area (Å²) in [7, 11) is 1.75. The first-order valence-corrected chi connectivity index (χ1v) is 6.77. The lowest BCUT2D eigenvalue weighted by molar-refractivity contribution is -0.133. The summed E-state index contributed by atoms with van der Waals surface area (Å²) in [5.74, 6) is -0.0297. The molecule has 0 saturated heterocycles. The van der Waals surface area contributed by atoms with Crippen LogP contribution in [0.3, 0.4) is 0 Å². The van der Waals surface area contributed by atoms with Gasteiger partial charge in [0.1, 0.15) is 0 Å². The van der Waals surface area contributed by atoms with Crippen LogP contribution in [0.1, 0.15) is 31.7 Å². The Morgan fingerprint density at radius 1 is 1.53 bits per heavy atom. The molecule has 4 heteroatoms. The Balaban J connectivity index is 2.22. The maximum Gasteiger partial charge on any atom is 0.230 e. The first-order valence-electron chi connectivity index (χ1n) is 6.77. The van der Waals surface area contributed by atoms with Crippen LogP contribution < -0.4 is 5.32 Å². The van der Waals surface area contributed by atoms with Crippen molar-refractivity contribution >= 4 is 11.6 Å². The fourth-order valence-electron chi connectivity index (χ4n) is 2.72. The molecule has 2 rings (SSSR count). The van der Waals surface area contributed by atoms with Crippen molar-refractivity contribution in [2.24, 2.45) is 0 Å². The largest absolute Gasteiger partial charge is 0.392 e. The summed E-state index contributed by atoms with van der Waals surface area (Å²) in [6.45, 7) is 4.16. The molecule has 0 aliphatic carbocycles. The van der Waals surface area contributed by atoms with Crippen LogP contribution in [0.5, 0.6) is 0 Å². The number of aliphatic hydroxyl groups is 1. The van der Waals surface area contributed by atoms with E-state index >= 15 is 0 Å². The average molecular weight is 262 g/mol. The molecular weight excluding hydrogens is 240 g/mol. The van der Waals surface area contributed by atoms with Crippen LogP contribution in [0, 0.1) is 0 Å². The molecule has 0 radical (unpaired) electrons. The number of amides is 1. The fraction of sp³-hybridized carbons (Fsp3) is 0.533. The van der Waals surface area contributed by atoms with E-state index in [1.54, 1.807) is 18.9 Å². The molecule has 1 amide bonds. The first kappa shape index (κ1) is 13.9. The highest BCUT2D eigenvalue weighted by molar-refractivity contribution is 5.86. The highest BCUT2D eigenvalue weighted by Crippen LogP contribution is 2.35. The minimum atomic E-state index is -0.497. The summed E-state index contributed by atoms with van der Waals surface area (Å²) in [5.41, 5.74) is 2.10. The summed E-state index contributed by atoms with van der Waals surface area (Å²) >= 11 is 0. The Labute approximate surface area is 114 Å². The van der Waals surface area contributed by atoms with Crippen LogP contribution >= 0.6 is 0 Å². The monoisotopic (exact) mass is 262 g/mol. The number of carbonyl (C=O) groups excluding carboxylic acids is 1. The Morgan fingerprint density at radius 2 is 2.21 bits per heavy atom. The number of rotatable bonds is 3. The minimum absolute atomic E-state index is 0.0849. The number of fused-ring (bicyclic) bond motifs is 1. The van der Waals surface area contributed by atoms with Crippen molar-refractivity contribution in [3.05, 3.63) is 29.8 Å². The summed E-state index contributed by atoms with van der Waals surface area (Å²) < 4.78 is 0. The van der Waals surface area contributed by atoms with Crippen LogP contribution in [0.15, 0.2) is 24.3 Å². The van der Waals surface area contributed by atoms with E-state index in [1.165, 1.54) is 0 Å². The van der Waals surface area contributed by atoms with Crippen LogP contribution in [0.25, 0.3) is 0 Å². The topological polar surface area (TPSA) is 52.6 Å². The fourth-order valence-corrected chi connectivity index (χ4v) is 2.72. The van der Waals surface area contributed by atoms with E-state index in [-0.39, 0.29) is 17.9 Å². The van der Waals surface area contributed by atoms with E-state index in [9.17, 15) is 9.90 Å². The predicted octanol–water partition coefficient (Wildman–Crippen LogP) is 1.81. The summed E-state index contributed by atoms with van der Waals surface area (Å²) in [6.07, 6.45) is 0.295. The molecule has 1 heterocycles. The molecule has 1 aromatic carbocycles. The van der Waals surface area contributed by atoms with Crippen molar-refractivity contribution in [1.29, 1.82) is 0 Å². The third-order valence-electron chi connectivity index (χ3n) is 3.54. The van der Waals surface area contributed by atoms with Crippen molar-refractivity contribution in [3.63, 3.8) is 0 Å². The van der Waals surface area contributed by atoms with Crippen molar-refractivity contribution in [1.82, 2.24) is 4.90 Å². The van der Waals surface area contributed by atoms with E-state index < -0.39 is 6.10 Å². The third-order valence-corrected chi connectivity index (χ3v) is 3.54. The molecule has 0 aromatic heterocycles. The Bertz CT molecular complexity index is 459. The van der Waals surface area contributed by atoms with Crippen molar-refractivity contribution in [2.45, 2.75) is 38.3 Å². The van der Waals surface area contributed by atoms with Gasteiger partial charge in [-0.3, -0.25) is 4.79 Å². The van der Waals surface area contributed by atoms with Crippen molar-refractivity contribution < 1.29 is 9.90 Å². The molecule has 19 heavy (non-hydrogen) atoms. The SMILES string of the molecule is CC(O)CN(C)C(=O)C1CC(C)Nc2ccccc21. The average Bonchev–Trinajstić information content (AvgIpc) is 2.36. The summed E-state index contributed by atoms with van der Waals surface area (Å²) in [5, 5.41) is 12.8. The van der Waals surface area contributed by atoms with Crippen LogP contribution in [-0.2, 0) is 4.79 Å². The Hall–Kier alpha value is -1.55. The maximum absolute atomic E-state index is 12.5. The molecule has 0 bridgehead atoms. The molecule has 3 unspecified atom stereocenters. The summed E-state index contributed by atoms with van der Waals surface area (Å²) in [6, 6.07) is 8.24. The van der Waals surface area contributed by atoms with Gasteiger partial charge in [0.25, 0.3) is 0 Å². The van der Waals surface area contributed by atoms with Gasteiger partial charge in [-0.2, -0.15) is 0 Å². The van der Waals surface area contributed by atoms with Crippen molar-refractivity contribution in [3.8, 4) is 0 Å². The van der Waals surface area contributed by atoms with Gasteiger partial charge in [0.2, 0.25) is 5.91 Å². The van der Waals surface area contributed by atoms with E-state index in [2.05, 4.69) is 12.2 Å².